The first-order valence-corrected chi connectivity index (χ1v) is 6.77. The lowest BCUT2D eigenvalue weighted by atomic mass is 10.3. The van der Waals surface area contributed by atoms with Crippen LogP contribution in [0.15, 0.2) is 30.6 Å². The van der Waals surface area contributed by atoms with E-state index in [1.165, 1.54) is 6.33 Å². The van der Waals surface area contributed by atoms with Gasteiger partial charge >= 0.3 is 0 Å². The molecule has 1 heterocycles. The summed E-state index contributed by atoms with van der Waals surface area (Å²) in [5, 5.41) is 7.05. The molecule has 0 amide bonds. The maximum atomic E-state index is 5.97. The van der Waals surface area contributed by atoms with Crippen LogP contribution in [0.1, 0.15) is 13.3 Å². The summed E-state index contributed by atoms with van der Waals surface area (Å²) in [5.74, 6) is 1.86. The SMILES string of the molecule is CCCNc1ncnc(Nc2cccc(Cl)c2)c1OC. The highest BCUT2D eigenvalue weighted by molar-refractivity contribution is 6.30. The minimum Gasteiger partial charge on any atom is -0.490 e. The topological polar surface area (TPSA) is 59.1 Å². The van der Waals surface area contributed by atoms with Crippen LogP contribution in [0.3, 0.4) is 0 Å². The van der Waals surface area contributed by atoms with Gasteiger partial charge < -0.3 is 15.4 Å². The molecule has 0 saturated carbocycles. The van der Waals surface area contributed by atoms with E-state index in [-0.39, 0.29) is 0 Å². The minimum atomic E-state index is 0.584. The fourth-order valence-corrected chi connectivity index (χ4v) is 1.92. The highest BCUT2D eigenvalue weighted by Crippen LogP contribution is 2.31. The van der Waals surface area contributed by atoms with Gasteiger partial charge in [0.25, 0.3) is 0 Å². The molecule has 2 rings (SSSR count). The molecule has 6 heteroatoms. The van der Waals surface area contributed by atoms with Gasteiger partial charge in [0.2, 0.25) is 5.75 Å². The molecule has 0 spiro atoms. The van der Waals surface area contributed by atoms with Crippen molar-refractivity contribution in [1.29, 1.82) is 0 Å². The molecule has 106 valence electrons. The number of aromatic nitrogens is 2. The van der Waals surface area contributed by atoms with Gasteiger partial charge in [-0.3, -0.25) is 0 Å². The number of anilines is 3. The molecule has 2 N–H and O–H groups in total. The minimum absolute atomic E-state index is 0.584. The van der Waals surface area contributed by atoms with Crippen molar-refractivity contribution in [2.75, 3.05) is 24.3 Å². The van der Waals surface area contributed by atoms with E-state index in [0.29, 0.717) is 22.4 Å². The Labute approximate surface area is 123 Å². The summed E-state index contributed by atoms with van der Waals surface area (Å²) in [7, 11) is 1.60. The van der Waals surface area contributed by atoms with Crippen LogP contribution in [-0.2, 0) is 0 Å². The summed E-state index contributed by atoms with van der Waals surface area (Å²) < 4.78 is 5.39. The number of nitrogens with zero attached hydrogens (tertiary/aromatic N) is 2. The lowest BCUT2D eigenvalue weighted by Gasteiger charge is -2.14. The van der Waals surface area contributed by atoms with Crippen molar-refractivity contribution in [1.82, 2.24) is 9.97 Å². The molecule has 0 saturated heterocycles. The Morgan fingerprint density at radius 1 is 1.25 bits per heavy atom. The molecule has 20 heavy (non-hydrogen) atoms. The quantitative estimate of drug-likeness (QED) is 0.850. The van der Waals surface area contributed by atoms with E-state index < -0.39 is 0 Å². The van der Waals surface area contributed by atoms with Gasteiger partial charge in [-0.25, -0.2) is 9.97 Å². The van der Waals surface area contributed by atoms with E-state index >= 15 is 0 Å². The van der Waals surface area contributed by atoms with Gasteiger partial charge in [0.1, 0.15) is 6.33 Å². The molecule has 2 aromatic rings. The second-order valence-corrected chi connectivity index (χ2v) is 4.60. The Morgan fingerprint density at radius 3 is 2.75 bits per heavy atom. The molecule has 0 aliphatic rings. The fourth-order valence-electron chi connectivity index (χ4n) is 1.73. The summed E-state index contributed by atoms with van der Waals surface area (Å²) in [5.41, 5.74) is 0.843. The summed E-state index contributed by atoms with van der Waals surface area (Å²) >= 11 is 5.97. The number of nitrogens with one attached hydrogen (secondary N) is 2. The maximum Gasteiger partial charge on any atom is 0.204 e. The molecule has 1 aromatic heterocycles. The number of halogens is 1. The first-order chi connectivity index (χ1) is 9.74. The lowest BCUT2D eigenvalue weighted by molar-refractivity contribution is 0.415. The predicted molar refractivity (Wildman–Crippen MR) is 82.1 cm³/mol. The second-order valence-electron chi connectivity index (χ2n) is 4.17. The van der Waals surface area contributed by atoms with Crippen molar-refractivity contribution >= 4 is 28.9 Å². The predicted octanol–water partition coefficient (Wildman–Crippen LogP) is 3.70. The Bertz CT molecular complexity index is 577. The van der Waals surface area contributed by atoms with E-state index in [1.54, 1.807) is 7.11 Å². The number of rotatable bonds is 6. The van der Waals surface area contributed by atoms with Crippen LogP contribution >= 0.6 is 11.6 Å². The zero-order chi connectivity index (χ0) is 14.4. The first kappa shape index (κ1) is 14.4. The zero-order valence-electron chi connectivity index (χ0n) is 11.5. The molecule has 0 fully saturated rings. The second kappa shape index (κ2) is 6.96. The number of benzene rings is 1. The summed E-state index contributed by atoms with van der Waals surface area (Å²) in [6.07, 6.45) is 2.50. The molecule has 0 bridgehead atoms. The number of methoxy groups -OCH3 is 1. The smallest absolute Gasteiger partial charge is 0.204 e. The highest BCUT2D eigenvalue weighted by atomic mass is 35.5. The van der Waals surface area contributed by atoms with Gasteiger partial charge in [0.05, 0.1) is 7.11 Å². The first-order valence-electron chi connectivity index (χ1n) is 6.40. The van der Waals surface area contributed by atoms with E-state index in [4.69, 9.17) is 16.3 Å². The third kappa shape index (κ3) is 3.51. The van der Waals surface area contributed by atoms with Crippen LogP contribution in [0.5, 0.6) is 5.75 Å². The molecule has 0 atom stereocenters. The van der Waals surface area contributed by atoms with Crippen molar-refractivity contribution in [3.05, 3.63) is 35.6 Å². The Hall–Kier alpha value is -2.01. The van der Waals surface area contributed by atoms with Crippen molar-refractivity contribution in [2.45, 2.75) is 13.3 Å². The lowest BCUT2D eigenvalue weighted by Crippen LogP contribution is -2.07. The van der Waals surface area contributed by atoms with Gasteiger partial charge in [0.15, 0.2) is 11.6 Å². The van der Waals surface area contributed by atoms with Gasteiger partial charge in [-0.2, -0.15) is 0 Å². The van der Waals surface area contributed by atoms with Crippen LogP contribution < -0.4 is 15.4 Å². The Kier molecular flexibility index (Phi) is 5.01. The van der Waals surface area contributed by atoms with Gasteiger partial charge in [-0.05, 0) is 24.6 Å². The largest absolute Gasteiger partial charge is 0.490 e. The summed E-state index contributed by atoms with van der Waals surface area (Å²) in [6, 6.07) is 7.42. The average molecular weight is 293 g/mol. The summed E-state index contributed by atoms with van der Waals surface area (Å²) in [4.78, 5) is 8.41. The van der Waals surface area contributed by atoms with E-state index in [0.717, 1.165) is 18.7 Å². The number of ether oxygens (including phenoxy) is 1. The normalized spacial score (nSPS) is 10.2. The molecule has 0 aliphatic heterocycles. The van der Waals surface area contributed by atoms with Crippen molar-refractivity contribution in [3.8, 4) is 5.75 Å². The monoisotopic (exact) mass is 292 g/mol. The van der Waals surface area contributed by atoms with Gasteiger partial charge in [-0.15, -0.1) is 0 Å². The van der Waals surface area contributed by atoms with Gasteiger partial charge in [-0.1, -0.05) is 24.6 Å². The fraction of sp³-hybridized carbons (Fsp3) is 0.286. The van der Waals surface area contributed by atoms with E-state index in [9.17, 15) is 0 Å². The molecule has 1 aromatic carbocycles. The average Bonchev–Trinajstić information content (AvgIpc) is 2.45. The van der Waals surface area contributed by atoms with Crippen LogP contribution in [0, 0.1) is 0 Å². The van der Waals surface area contributed by atoms with E-state index in [1.807, 2.05) is 24.3 Å². The molecular formula is C14H17ClN4O. The third-order valence-corrected chi connectivity index (χ3v) is 2.87. The number of hydrogen-bond donors (Lipinski definition) is 2. The van der Waals surface area contributed by atoms with Crippen molar-refractivity contribution in [3.63, 3.8) is 0 Å². The zero-order valence-corrected chi connectivity index (χ0v) is 12.2. The van der Waals surface area contributed by atoms with Crippen LogP contribution in [0.4, 0.5) is 17.3 Å². The van der Waals surface area contributed by atoms with Crippen molar-refractivity contribution in [2.24, 2.45) is 0 Å². The van der Waals surface area contributed by atoms with E-state index in [2.05, 4.69) is 27.5 Å². The molecule has 0 unspecified atom stereocenters. The maximum absolute atomic E-state index is 5.97. The van der Waals surface area contributed by atoms with Crippen LogP contribution in [0.25, 0.3) is 0 Å². The molecule has 0 radical (unpaired) electrons. The molecule has 5 nitrogen and oxygen atoms in total. The van der Waals surface area contributed by atoms with Crippen LogP contribution in [-0.4, -0.2) is 23.6 Å². The highest BCUT2D eigenvalue weighted by Gasteiger charge is 2.11. The third-order valence-electron chi connectivity index (χ3n) is 2.64. The Balaban J connectivity index is 2.26. The van der Waals surface area contributed by atoms with Gasteiger partial charge in [0, 0.05) is 17.3 Å². The van der Waals surface area contributed by atoms with Crippen LogP contribution in [0.2, 0.25) is 5.02 Å². The summed E-state index contributed by atoms with van der Waals surface area (Å²) in [6.45, 7) is 2.91. The molecule has 0 aliphatic carbocycles. The van der Waals surface area contributed by atoms with Crippen molar-refractivity contribution < 1.29 is 4.74 Å². The number of hydrogen-bond acceptors (Lipinski definition) is 5. The Morgan fingerprint density at radius 2 is 2.05 bits per heavy atom. The molecular weight excluding hydrogens is 276 g/mol. The standard InChI is InChI=1S/C14H17ClN4O/c1-3-7-16-13-12(20-2)14(18-9-17-13)19-11-6-4-5-10(15)8-11/h4-6,8-9H,3,7H2,1-2H3,(H2,16,17,18,19).